The summed E-state index contributed by atoms with van der Waals surface area (Å²) in [6, 6.07) is 58.1. The van der Waals surface area contributed by atoms with Gasteiger partial charge in [-0.3, -0.25) is 4.57 Å². The second-order valence-corrected chi connectivity index (χ2v) is 14.0. The largest absolute Gasteiger partial charge is 0.269 e. The average Bonchev–Trinajstić information content (AvgIpc) is 3.03. The van der Waals surface area contributed by atoms with Crippen molar-refractivity contribution in [2.45, 2.75) is 0 Å². The third-order valence-corrected chi connectivity index (χ3v) is 12.8. The van der Waals surface area contributed by atoms with Gasteiger partial charge >= 0.3 is 0 Å². The molecule has 0 aliphatic heterocycles. The smallest absolute Gasteiger partial charge is 0.192 e. The van der Waals surface area contributed by atoms with Crippen molar-refractivity contribution in [2.75, 3.05) is 0 Å². The molecule has 0 aliphatic carbocycles. The van der Waals surface area contributed by atoms with Gasteiger partial charge in [0.2, 0.25) is 0 Å². The molecule has 0 saturated carbocycles. The molecule has 0 atom stereocenters. The van der Waals surface area contributed by atoms with Gasteiger partial charge in [-0.1, -0.05) is 158 Å². The summed E-state index contributed by atoms with van der Waals surface area (Å²) in [6.07, 6.45) is 0. The van der Waals surface area contributed by atoms with E-state index in [0.29, 0.717) is 0 Å². The zero-order chi connectivity index (χ0) is 26.5. The lowest BCUT2D eigenvalue weighted by Crippen LogP contribution is -2.75. The lowest BCUT2D eigenvalue weighted by atomic mass is 9.94. The molecule has 0 saturated heterocycles. The number of hydrogen-bond donors (Lipinski definition) is 0. The maximum atomic E-state index is 12.7. The summed E-state index contributed by atoms with van der Waals surface area (Å²) < 4.78 is 12.7. The molecule has 39 heavy (non-hydrogen) atoms. The minimum Gasteiger partial charge on any atom is -0.269 e. The van der Waals surface area contributed by atoms with Crippen LogP contribution >= 0.6 is 8.46 Å². The van der Waals surface area contributed by atoms with Crippen LogP contribution in [0.15, 0.2) is 164 Å². The van der Waals surface area contributed by atoms with Gasteiger partial charge in [0.25, 0.3) is 0 Å². The normalized spacial score (nSPS) is 11.4. The molecule has 0 fully saturated rings. The summed E-state index contributed by atoms with van der Waals surface area (Å²) in [5.74, 6) is 0. The van der Waals surface area contributed by atoms with Crippen LogP contribution in [-0.2, 0) is 4.57 Å². The van der Waals surface area contributed by atoms with Crippen molar-refractivity contribution < 1.29 is 4.57 Å². The molecule has 0 aliphatic rings. The lowest BCUT2D eigenvalue weighted by molar-refractivity contribution is 0.603. The highest BCUT2D eigenvalue weighted by atomic mass is 31.1. The molecule has 0 amide bonds. The van der Waals surface area contributed by atoms with Crippen LogP contribution in [0.25, 0.3) is 22.3 Å². The fraction of sp³-hybridized carbons (Fsp3) is 0. The van der Waals surface area contributed by atoms with Crippen LogP contribution < -0.4 is 26.1 Å². The fourth-order valence-corrected chi connectivity index (χ4v) is 11.3. The predicted octanol–water partition coefficient (Wildman–Crippen LogP) is 6.32. The van der Waals surface area contributed by atoms with Gasteiger partial charge in [0.1, 0.15) is 0 Å². The molecule has 0 aromatic heterocycles. The van der Waals surface area contributed by atoms with E-state index in [1.165, 1.54) is 20.7 Å². The Morgan fingerprint density at radius 3 is 1.13 bits per heavy atom. The molecule has 0 N–H and O–H groups in total. The Kier molecular flexibility index (Phi) is 7.14. The molecular weight excluding hydrogens is 507 g/mol. The van der Waals surface area contributed by atoms with E-state index in [0.717, 1.165) is 27.6 Å². The molecule has 6 aromatic rings. The van der Waals surface area contributed by atoms with E-state index in [1.807, 2.05) is 6.07 Å². The zero-order valence-electron chi connectivity index (χ0n) is 21.4. The van der Waals surface area contributed by atoms with E-state index >= 15 is 0 Å². The summed E-state index contributed by atoms with van der Waals surface area (Å²) in [5.41, 5.74) is 4.35. The number of rotatable bonds is 7. The molecule has 0 bridgehead atoms. The summed E-state index contributed by atoms with van der Waals surface area (Å²) >= 11 is 0. The maximum absolute atomic E-state index is 12.7. The second-order valence-electron chi connectivity index (χ2n) is 9.55. The van der Waals surface area contributed by atoms with Gasteiger partial charge < -0.3 is 0 Å². The Morgan fingerprint density at radius 2 is 0.744 bits per heavy atom. The van der Waals surface area contributed by atoms with Gasteiger partial charge in [-0.05, 0) is 43.5 Å². The Morgan fingerprint density at radius 1 is 0.385 bits per heavy atom. The van der Waals surface area contributed by atoms with Crippen molar-refractivity contribution in [1.29, 1.82) is 0 Å². The van der Waals surface area contributed by atoms with E-state index in [9.17, 15) is 4.57 Å². The molecular formula is C36H27OPSi. The van der Waals surface area contributed by atoms with Gasteiger partial charge in [0.05, 0.1) is 5.30 Å². The van der Waals surface area contributed by atoms with E-state index in [4.69, 9.17) is 0 Å². The van der Waals surface area contributed by atoms with Crippen LogP contribution in [0.2, 0.25) is 0 Å². The van der Waals surface area contributed by atoms with Crippen LogP contribution in [0.5, 0.6) is 0 Å². The van der Waals surface area contributed by atoms with Crippen LogP contribution in [0.4, 0.5) is 0 Å². The topological polar surface area (TPSA) is 17.1 Å². The van der Waals surface area contributed by atoms with E-state index < -0.39 is 8.07 Å². The molecule has 0 spiro atoms. The third kappa shape index (κ3) is 4.49. The predicted molar refractivity (Wildman–Crippen MR) is 168 cm³/mol. The van der Waals surface area contributed by atoms with Crippen molar-refractivity contribution >= 4 is 42.6 Å². The fourth-order valence-electron chi connectivity index (χ4n) is 5.81. The van der Waals surface area contributed by atoms with Crippen LogP contribution in [-0.4, -0.2) is 8.07 Å². The van der Waals surface area contributed by atoms with Crippen LogP contribution in [0, 0.1) is 0 Å². The number of benzene rings is 6. The van der Waals surface area contributed by atoms with E-state index in [-0.39, 0.29) is 8.46 Å². The third-order valence-electron chi connectivity index (χ3n) is 7.43. The van der Waals surface area contributed by atoms with Crippen LogP contribution in [0.3, 0.4) is 0 Å². The molecule has 0 radical (unpaired) electrons. The molecule has 1 nitrogen and oxygen atoms in total. The first-order valence-electron chi connectivity index (χ1n) is 13.1. The standard InChI is InChI=1S/C36H27OPSi/c37-38-33-26-27-34(36(29-18-8-2-9-19-29)35(33)28-16-6-1-7-17-28)39(30-20-10-3-11-21-30,31-22-12-4-13-23-31)32-24-14-5-15-25-32/h1-27H. The zero-order valence-corrected chi connectivity index (χ0v) is 23.3. The summed E-state index contributed by atoms with van der Waals surface area (Å²) in [4.78, 5) is 0. The van der Waals surface area contributed by atoms with Gasteiger partial charge in [0.15, 0.2) is 16.5 Å². The minimum absolute atomic E-state index is 0.00585. The second kappa shape index (κ2) is 11.2. The van der Waals surface area contributed by atoms with Gasteiger partial charge in [-0.15, -0.1) is 0 Å². The molecule has 0 heterocycles. The molecule has 0 unspecified atom stereocenters. The average molecular weight is 535 g/mol. The van der Waals surface area contributed by atoms with Gasteiger partial charge in [0, 0.05) is 5.56 Å². The molecule has 3 heteroatoms. The molecule has 186 valence electrons. The van der Waals surface area contributed by atoms with Crippen LogP contribution in [0.1, 0.15) is 0 Å². The summed E-state index contributed by atoms with van der Waals surface area (Å²) in [5, 5.41) is 6.01. The van der Waals surface area contributed by atoms with Gasteiger partial charge in [-0.25, -0.2) is 0 Å². The molecule has 6 aromatic carbocycles. The Balaban J connectivity index is 1.85. The first kappa shape index (κ1) is 24.9. The quantitative estimate of drug-likeness (QED) is 0.133. The van der Waals surface area contributed by atoms with Crippen molar-refractivity contribution in [3.8, 4) is 22.3 Å². The minimum atomic E-state index is -2.83. The molecule has 6 rings (SSSR count). The maximum Gasteiger partial charge on any atom is 0.192 e. The Labute approximate surface area is 232 Å². The first-order chi connectivity index (χ1) is 19.3. The first-order valence-corrected chi connectivity index (χ1v) is 15.9. The lowest BCUT2D eigenvalue weighted by Gasteiger charge is -2.37. The SMILES string of the molecule is O=Pc1ccc([Si](c2ccccc2)(c2ccccc2)c2ccccc2)c(-c2ccccc2)c1-c1ccccc1. The number of hydrogen-bond acceptors (Lipinski definition) is 1. The van der Waals surface area contributed by atoms with Gasteiger partial charge in [-0.2, -0.15) is 0 Å². The highest BCUT2D eigenvalue weighted by molar-refractivity contribution is 7.34. The highest BCUT2D eigenvalue weighted by Gasteiger charge is 2.43. The Hall–Kier alpha value is -4.36. The van der Waals surface area contributed by atoms with Crippen molar-refractivity contribution in [3.63, 3.8) is 0 Å². The monoisotopic (exact) mass is 534 g/mol. The van der Waals surface area contributed by atoms with E-state index in [1.54, 1.807) is 0 Å². The highest BCUT2D eigenvalue weighted by Crippen LogP contribution is 2.33. The summed E-state index contributed by atoms with van der Waals surface area (Å²) in [6.45, 7) is 0. The van der Waals surface area contributed by atoms with E-state index in [2.05, 4.69) is 158 Å². The van der Waals surface area contributed by atoms with Crippen molar-refractivity contribution in [3.05, 3.63) is 164 Å². The van der Waals surface area contributed by atoms with Crippen molar-refractivity contribution in [2.24, 2.45) is 0 Å². The Bertz CT molecular complexity index is 1590. The van der Waals surface area contributed by atoms with Crippen molar-refractivity contribution in [1.82, 2.24) is 0 Å². The summed E-state index contributed by atoms with van der Waals surface area (Å²) in [7, 11) is -2.83.